The Morgan fingerprint density at radius 2 is 1.63 bits per heavy atom. The first-order chi connectivity index (χ1) is 16.8. The predicted molar refractivity (Wildman–Crippen MR) is 137 cm³/mol. The summed E-state index contributed by atoms with van der Waals surface area (Å²) in [5.74, 6) is -1.38. The Labute approximate surface area is 217 Å². The summed E-state index contributed by atoms with van der Waals surface area (Å²) in [5.41, 5.74) is 0.975. The molecule has 0 radical (unpaired) electrons. The SMILES string of the molecule is CCOc1ccc(C2/C(=C(\O)c3cc(Cl)cc(Cl)c3OC)C(=O)C(=O)N2c2ccc(Cl)cc2)cc1. The van der Waals surface area contributed by atoms with Crippen LogP contribution in [-0.4, -0.2) is 30.5 Å². The van der Waals surface area contributed by atoms with Crippen LogP contribution in [0.1, 0.15) is 24.1 Å². The van der Waals surface area contributed by atoms with Crippen LogP contribution in [0, 0.1) is 0 Å². The molecule has 0 aliphatic carbocycles. The number of carbonyl (C=O) groups excluding carboxylic acids is 2. The van der Waals surface area contributed by atoms with E-state index in [2.05, 4.69) is 0 Å². The highest BCUT2D eigenvalue weighted by Crippen LogP contribution is 2.45. The van der Waals surface area contributed by atoms with Crippen molar-refractivity contribution in [3.8, 4) is 11.5 Å². The molecule has 0 spiro atoms. The average molecular weight is 533 g/mol. The highest BCUT2D eigenvalue weighted by Gasteiger charge is 2.47. The van der Waals surface area contributed by atoms with Crippen molar-refractivity contribution in [2.24, 2.45) is 0 Å². The second kappa shape index (κ2) is 10.2. The molecule has 1 atom stereocenters. The van der Waals surface area contributed by atoms with Gasteiger partial charge in [-0.2, -0.15) is 0 Å². The smallest absolute Gasteiger partial charge is 0.300 e. The van der Waals surface area contributed by atoms with Gasteiger partial charge >= 0.3 is 0 Å². The zero-order chi connectivity index (χ0) is 25.3. The van der Waals surface area contributed by atoms with Gasteiger partial charge in [0, 0.05) is 15.7 Å². The summed E-state index contributed by atoms with van der Waals surface area (Å²) in [6, 6.07) is 15.4. The molecule has 1 fully saturated rings. The molecular formula is C26H20Cl3NO5. The summed E-state index contributed by atoms with van der Waals surface area (Å²) in [6.07, 6.45) is 0. The summed E-state index contributed by atoms with van der Waals surface area (Å²) in [5, 5.41) is 12.2. The second-order valence-electron chi connectivity index (χ2n) is 7.62. The number of ketones is 1. The van der Waals surface area contributed by atoms with E-state index in [1.54, 1.807) is 48.5 Å². The quantitative estimate of drug-likeness (QED) is 0.218. The fraction of sp³-hybridized carbons (Fsp3) is 0.154. The van der Waals surface area contributed by atoms with Crippen LogP contribution in [0.15, 0.2) is 66.2 Å². The molecule has 3 aromatic rings. The summed E-state index contributed by atoms with van der Waals surface area (Å²) >= 11 is 18.5. The molecule has 9 heteroatoms. The summed E-state index contributed by atoms with van der Waals surface area (Å²) < 4.78 is 10.9. The van der Waals surface area contributed by atoms with Crippen LogP contribution in [0.2, 0.25) is 15.1 Å². The fourth-order valence-electron chi connectivity index (χ4n) is 4.02. The molecule has 0 saturated carbocycles. The molecule has 0 aromatic heterocycles. The number of hydrogen-bond donors (Lipinski definition) is 1. The van der Waals surface area contributed by atoms with Gasteiger partial charge in [0.15, 0.2) is 0 Å². The van der Waals surface area contributed by atoms with Crippen LogP contribution < -0.4 is 14.4 Å². The van der Waals surface area contributed by atoms with Crippen molar-refractivity contribution in [1.82, 2.24) is 0 Å². The number of halogens is 3. The molecule has 1 aliphatic rings. The predicted octanol–water partition coefficient (Wildman–Crippen LogP) is 6.68. The lowest BCUT2D eigenvalue weighted by atomic mass is 9.94. The van der Waals surface area contributed by atoms with Crippen molar-refractivity contribution in [3.63, 3.8) is 0 Å². The van der Waals surface area contributed by atoms with Crippen LogP contribution in [-0.2, 0) is 9.59 Å². The molecule has 1 aliphatic heterocycles. The van der Waals surface area contributed by atoms with Crippen molar-refractivity contribution >= 4 is 57.9 Å². The van der Waals surface area contributed by atoms with Crippen molar-refractivity contribution in [2.75, 3.05) is 18.6 Å². The zero-order valence-corrected chi connectivity index (χ0v) is 21.0. The van der Waals surface area contributed by atoms with Gasteiger partial charge in [0.2, 0.25) is 0 Å². The monoisotopic (exact) mass is 531 g/mol. The number of nitrogens with zero attached hydrogens (tertiary/aromatic N) is 1. The van der Waals surface area contributed by atoms with Gasteiger partial charge in [-0.1, -0.05) is 46.9 Å². The first-order valence-electron chi connectivity index (χ1n) is 10.6. The minimum Gasteiger partial charge on any atom is -0.507 e. The van der Waals surface area contributed by atoms with Gasteiger partial charge in [-0.3, -0.25) is 14.5 Å². The van der Waals surface area contributed by atoms with E-state index in [0.717, 1.165) is 0 Å². The summed E-state index contributed by atoms with van der Waals surface area (Å²) in [7, 11) is 1.38. The van der Waals surface area contributed by atoms with Crippen molar-refractivity contribution in [3.05, 3.63) is 92.4 Å². The van der Waals surface area contributed by atoms with Gasteiger partial charge in [-0.25, -0.2) is 0 Å². The molecule has 1 heterocycles. The molecule has 3 aromatic carbocycles. The fourth-order valence-corrected chi connectivity index (χ4v) is 4.71. The zero-order valence-electron chi connectivity index (χ0n) is 18.7. The largest absolute Gasteiger partial charge is 0.507 e. The number of Topliss-reactive ketones (excluding diaryl/α,β-unsaturated/α-hetero) is 1. The Hall–Kier alpha value is -3.19. The van der Waals surface area contributed by atoms with Crippen LogP contribution in [0.3, 0.4) is 0 Å². The van der Waals surface area contributed by atoms with Crippen LogP contribution in [0.4, 0.5) is 5.69 Å². The summed E-state index contributed by atoms with van der Waals surface area (Å²) in [4.78, 5) is 27.9. The number of anilines is 1. The van der Waals surface area contributed by atoms with Crippen LogP contribution >= 0.6 is 34.8 Å². The number of rotatable bonds is 6. The number of aliphatic hydroxyl groups excluding tert-OH is 1. The lowest BCUT2D eigenvalue weighted by Gasteiger charge is -2.26. The Bertz CT molecular complexity index is 1320. The van der Waals surface area contributed by atoms with E-state index in [-0.39, 0.29) is 26.9 Å². The minimum absolute atomic E-state index is 0.0926. The lowest BCUT2D eigenvalue weighted by molar-refractivity contribution is -0.132. The van der Waals surface area contributed by atoms with E-state index in [1.807, 2.05) is 6.92 Å². The normalized spacial score (nSPS) is 17.1. The van der Waals surface area contributed by atoms with Gasteiger partial charge in [0.05, 0.1) is 35.9 Å². The highest BCUT2D eigenvalue weighted by molar-refractivity contribution is 6.52. The average Bonchev–Trinajstić information content (AvgIpc) is 3.10. The number of amides is 1. The van der Waals surface area contributed by atoms with E-state index < -0.39 is 23.5 Å². The standard InChI is InChI=1S/C26H20Cl3NO5/c1-3-35-18-10-4-14(5-11-18)22-21(23(31)19-12-16(28)13-20(29)25(19)34-2)24(32)26(33)30(22)17-8-6-15(27)7-9-17/h4-13,22,31H,3H2,1-2H3/b23-21+. The lowest BCUT2D eigenvalue weighted by Crippen LogP contribution is -2.29. The Morgan fingerprint density at radius 1 is 0.971 bits per heavy atom. The molecule has 35 heavy (non-hydrogen) atoms. The number of ether oxygens (including phenoxy) is 2. The molecular weight excluding hydrogens is 513 g/mol. The maximum Gasteiger partial charge on any atom is 0.300 e. The van der Waals surface area contributed by atoms with Gasteiger partial charge in [-0.05, 0) is 61.0 Å². The molecule has 1 saturated heterocycles. The van der Waals surface area contributed by atoms with Gasteiger partial charge in [0.1, 0.15) is 17.3 Å². The maximum absolute atomic E-state index is 13.3. The Morgan fingerprint density at radius 3 is 2.23 bits per heavy atom. The second-order valence-corrected chi connectivity index (χ2v) is 8.90. The Kier molecular flexibility index (Phi) is 7.26. The molecule has 0 bridgehead atoms. The van der Waals surface area contributed by atoms with E-state index in [9.17, 15) is 14.7 Å². The Balaban J connectivity index is 1.96. The van der Waals surface area contributed by atoms with Crippen molar-refractivity contribution in [1.29, 1.82) is 0 Å². The third-order valence-corrected chi connectivity index (χ3v) is 6.27. The van der Waals surface area contributed by atoms with Crippen molar-refractivity contribution in [2.45, 2.75) is 13.0 Å². The molecule has 180 valence electrons. The van der Waals surface area contributed by atoms with Crippen LogP contribution in [0.5, 0.6) is 11.5 Å². The number of carbonyl (C=O) groups is 2. The number of benzene rings is 3. The van der Waals surface area contributed by atoms with E-state index in [1.165, 1.54) is 24.1 Å². The molecule has 1 unspecified atom stereocenters. The molecule has 4 rings (SSSR count). The van der Waals surface area contributed by atoms with E-state index in [0.29, 0.717) is 28.6 Å². The molecule has 1 N–H and O–H groups in total. The first kappa shape index (κ1) is 24.9. The number of methoxy groups -OCH3 is 1. The van der Waals surface area contributed by atoms with Gasteiger partial charge in [-0.15, -0.1) is 0 Å². The maximum atomic E-state index is 13.3. The van der Waals surface area contributed by atoms with E-state index >= 15 is 0 Å². The summed E-state index contributed by atoms with van der Waals surface area (Å²) in [6.45, 7) is 2.35. The van der Waals surface area contributed by atoms with Crippen LogP contribution in [0.25, 0.3) is 5.76 Å². The van der Waals surface area contributed by atoms with Gasteiger partial charge < -0.3 is 14.6 Å². The minimum atomic E-state index is -0.950. The van der Waals surface area contributed by atoms with Gasteiger partial charge in [0.25, 0.3) is 11.7 Å². The topological polar surface area (TPSA) is 76.1 Å². The first-order valence-corrected chi connectivity index (χ1v) is 11.7. The highest BCUT2D eigenvalue weighted by atomic mass is 35.5. The molecule has 6 nitrogen and oxygen atoms in total. The molecule has 1 amide bonds. The third kappa shape index (κ3) is 4.69. The third-order valence-electron chi connectivity index (χ3n) is 5.52. The van der Waals surface area contributed by atoms with E-state index in [4.69, 9.17) is 44.3 Å². The van der Waals surface area contributed by atoms with Crippen molar-refractivity contribution < 1.29 is 24.2 Å². The number of aliphatic hydroxyl groups is 1. The number of hydrogen-bond acceptors (Lipinski definition) is 5.